The smallest absolute Gasteiger partial charge is 0.210 e. The predicted molar refractivity (Wildman–Crippen MR) is 95.7 cm³/mol. The van der Waals surface area contributed by atoms with E-state index in [4.69, 9.17) is 4.42 Å². The minimum atomic E-state index is 0.351. The van der Waals surface area contributed by atoms with Gasteiger partial charge in [0, 0.05) is 39.3 Å². The number of piperazine rings is 1. The van der Waals surface area contributed by atoms with Crippen molar-refractivity contribution in [2.24, 2.45) is 0 Å². The van der Waals surface area contributed by atoms with Gasteiger partial charge in [-0.05, 0) is 24.6 Å². The Labute approximate surface area is 144 Å². The second-order valence-electron chi connectivity index (χ2n) is 5.92. The van der Waals surface area contributed by atoms with Crippen LogP contribution in [0.5, 0.6) is 0 Å². The van der Waals surface area contributed by atoms with Gasteiger partial charge in [0.05, 0.1) is 0 Å². The van der Waals surface area contributed by atoms with Crippen molar-refractivity contribution in [1.29, 1.82) is 0 Å². The number of nitrogens with zero attached hydrogens (tertiary/aromatic N) is 5. The van der Waals surface area contributed by atoms with E-state index in [0.717, 1.165) is 47.5 Å². The van der Waals surface area contributed by atoms with Gasteiger partial charge in [-0.1, -0.05) is 17.4 Å². The van der Waals surface area contributed by atoms with Gasteiger partial charge in [-0.2, -0.15) is 0 Å². The summed E-state index contributed by atoms with van der Waals surface area (Å²) in [6, 6.07) is 6.63. The first-order chi connectivity index (χ1) is 11.7. The van der Waals surface area contributed by atoms with Gasteiger partial charge in [0.1, 0.15) is 5.52 Å². The van der Waals surface area contributed by atoms with Crippen LogP contribution >= 0.6 is 11.3 Å². The van der Waals surface area contributed by atoms with E-state index >= 15 is 0 Å². The SMILES string of the molecule is CNc1nnc(N2CCN(C(C)c3ccc4ncoc4c3)CC2)s1. The molecule has 3 heterocycles. The third-order valence-electron chi connectivity index (χ3n) is 4.60. The fourth-order valence-electron chi connectivity index (χ4n) is 3.09. The molecule has 3 aromatic rings. The lowest BCUT2D eigenvalue weighted by atomic mass is 10.1. The fourth-order valence-corrected chi connectivity index (χ4v) is 3.84. The van der Waals surface area contributed by atoms with Crippen molar-refractivity contribution in [3.8, 4) is 0 Å². The minimum absolute atomic E-state index is 0.351. The van der Waals surface area contributed by atoms with Crippen LogP contribution in [0.1, 0.15) is 18.5 Å². The lowest BCUT2D eigenvalue weighted by Gasteiger charge is -2.37. The lowest BCUT2D eigenvalue weighted by Crippen LogP contribution is -2.47. The van der Waals surface area contributed by atoms with Crippen LogP contribution in [0.4, 0.5) is 10.3 Å². The maximum atomic E-state index is 5.43. The highest BCUT2D eigenvalue weighted by atomic mass is 32.1. The standard InChI is InChI=1S/C16H20N6OS/c1-11(12-3-4-13-14(9-12)23-10-18-13)21-5-7-22(8-6-21)16-20-19-15(17-2)24-16/h3-4,9-11H,5-8H2,1-2H3,(H,17,19). The zero-order valence-electron chi connectivity index (χ0n) is 13.8. The molecule has 0 radical (unpaired) electrons. The third-order valence-corrected chi connectivity index (χ3v) is 5.60. The van der Waals surface area contributed by atoms with Gasteiger partial charge in [-0.15, -0.1) is 10.2 Å². The van der Waals surface area contributed by atoms with Gasteiger partial charge in [-0.25, -0.2) is 4.98 Å². The Morgan fingerprint density at radius 3 is 2.79 bits per heavy atom. The Hall–Kier alpha value is -2.19. The van der Waals surface area contributed by atoms with E-state index in [2.05, 4.69) is 49.4 Å². The number of anilines is 2. The van der Waals surface area contributed by atoms with E-state index in [-0.39, 0.29) is 0 Å². The summed E-state index contributed by atoms with van der Waals surface area (Å²) in [6.45, 7) is 6.19. The van der Waals surface area contributed by atoms with Gasteiger partial charge >= 0.3 is 0 Å². The van der Waals surface area contributed by atoms with E-state index in [1.807, 2.05) is 13.1 Å². The number of rotatable bonds is 4. The minimum Gasteiger partial charge on any atom is -0.443 e. The highest BCUT2D eigenvalue weighted by molar-refractivity contribution is 7.19. The van der Waals surface area contributed by atoms with E-state index < -0.39 is 0 Å². The molecular weight excluding hydrogens is 324 g/mol. The maximum absolute atomic E-state index is 5.43. The van der Waals surface area contributed by atoms with Crippen molar-refractivity contribution in [3.05, 3.63) is 30.2 Å². The van der Waals surface area contributed by atoms with Gasteiger partial charge in [0.2, 0.25) is 10.3 Å². The maximum Gasteiger partial charge on any atom is 0.210 e. The number of aromatic nitrogens is 3. The van der Waals surface area contributed by atoms with Gasteiger partial charge in [0.25, 0.3) is 0 Å². The first-order valence-corrected chi connectivity index (χ1v) is 8.89. The van der Waals surface area contributed by atoms with E-state index in [1.54, 1.807) is 11.3 Å². The molecule has 1 fully saturated rings. The average molecular weight is 344 g/mol. The van der Waals surface area contributed by atoms with Crippen molar-refractivity contribution >= 4 is 32.7 Å². The van der Waals surface area contributed by atoms with Crippen LogP contribution in [0.15, 0.2) is 29.0 Å². The molecule has 1 aromatic carbocycles. The quantitative estimate of drug-likeness (QED) is 0.780. The molecule has 0 spiro atoms. The summed E-state index contributed by atoms with van der Waals surface area (Å²) in [6.07, 6.45) is 1.50. The van der Waals surface area contributed by atoms with E-state index in [1.165, 1.54) is 12.0 Å². The van der Waals surface area contributed by atoms with E-state index in [0.29, 0.717) is 6.04 Å². The molecular formula is C16H20N6OS. The summed E-state index contributed by atoms with van der Waals surface area (Å²) in [4.78, 5) is 8.98. The van der Waals surface area contributed by atoms with Crippen LogP contribution in [-0.4, -0.2) is 53.3 Å². The largest absolute Gasteiger partial charge is 0.443 e. The van der Waals surface area contributed by atoms with Crippen molar-refractivity contribution in [2.75, 3.05) is 43.4 Å². The van der Waals surface area contributed by atoms with Crippen LogP contribution in [0, 0.1) is 0 Å². The normalized spacial score (nSPS) is 17.3. The highest BCUT2D eigenvalue weighted by Crippen LogP contribution is 2.28. The molecule has 1 N–H and O–H groups in total. The molecule has 1 unspecified atom stereocenters. The number of nitrogens with one attached hydrogen (secondary N) is 1. The molecule has 1 aliphatic rings. The van der Waals surface area contributed by atoms with Crippen LogP contribution in [0.3, 0.4) is 0 Å². The molecule has 7 nitrogen and oxygen atoms in total. The summed E-state index contributed by atoms with van der Waals surface area (Å²) >= 11 is 1.60. The molecule has 0 amide bonds. The monoisotopic (exact) mass is 344 g/mol. The second-order valence-corrected chi connectivity index (χ2v) is 6.87. The van der Waals surface area contributed by atoms with Gasteiger partial charge in [0.15, 0.2) is 12.0 Å². The number of hydrogen-bond acceptors (Lipinski definition) is 8. The first-order valence-electron chi connectivity index (χ1n) is 8.08. The van der Waals surface area contributed by atoms with Crippen molar-refractivity contribution < 1.29 is 4.42 Å². The molecule has 1 saturated heterocycles. The molecule has 1 aliphatic heterocycles. The Morgan fingerprint density at radius 2 is 2.04 bits per heavy atom. The zero-order chi connectivity index (χ0) is 16.5. The molecule has 24 heavy (non-hydrogen) atoms. The molecule has 2 aromatic heterocycles. The number of oxazole rings is 1. The third kappa shape index (κ3) is 2.83. The molecule has 0 saturated carbocycles. The molecule has 126 valence electrons. The van der Waals surface area contributed by atoms with Crippen LogP contribution in [-0.2, 0) is 0 Å². The summed E-state index contributed by atoms with van der Waals surface area (Å²) in [5, 5.41) is 13.3. The van der Waals surface area contributed by atoms with Crippen molar-refractivity contribution in [3.63, 3.8) is 0 Å². The Bertz CT molecular complexity index is 823. The number of hydrogen-bond donors (Lipinski definition) is 1. The number of benzene rings is 1. The predicted octanol–water partition coefficient (Wildman–Crippen LogP) is 2.60. The van der Waals surface area contributed by atoms with Crippen LogP contribution < -0.4 is 10.2 Å². The molecule has 8 heteroatoms. The Morgan fingerprint density at radius 1 is 1.21 bits per heavy atom. The molecule has 0 bridgehead atoms. The Balaban J connectivity index is 1.42. The molecule has 4 rings (SSSR count). The zero-order valence-corrected chi connectivity index (χ0v) is 14.6. The van der Waals surface area contributed by atoms with Crippen LogP contribution in [0.25, 0.3) is 11.1 Å². The van der Waals surface area contributed by atoms with Crippen LogP contribution in [0.2, 0.25) is 0 Å². The fraction of sp³-hybridized carbons (Fsp3) is 0.438. The topological polar surface area (TPSA) is 70.3 Å². The van der Waals surface area contributed by atoms with Crippen molar-refractivity contribution in [1.82, 2.24) is 20.1 Å². The summed E-state index contributed by atoms with van der Waals surface area (Å²) in [5.41, 5.74) is 3.03. The Kier molecular flexibility index (Phi) is 4.07. The summed E-state index contributed by atoms with van der Waals surface area (Å²) in [7, 11) is 1.87. The van der Waals surface area contributed by atoms with Gasteiger partial charge < -0.3 is 14.6 Å². The average Bonchev–Trinajstić information content (AvgIpc) is 3.29. The van der Waals surface area contributed by atoms with Gasteiger partial charge in [-0.3, -0.25) is 4.90 Å². The second kappa shape index (κ2) is 6.37. The van der Waals surface area contributed by atoms with E-state index in [9.17, 15) is 0 Å². The van der Waals surface area contributed by atoms with Crippen molar-refractivity contribution in [2.45, 2.75) is 13.0 Å². The molecule has 1 atom stereocenters. The lowest BCUT2D eigenvalue weighted by molar-refractivity contribution is 0.198. The molecule has 0 aliphatic carbocycles. The number of fused-ring (bicyclic) bond motifs is 1. The summed E-state index contributed by atoms with van der Waals surface area (Å²) in [5.74, 6) is 0. The summed E-state index contributed by atoms with van der Waals surface area (Å²) < 4.78 is 5.43. The highest BCUT2D eigenvalue weighted by Gasteiger charge is 2.24. The first kappa shape index (κ1) is 15.3.